The molecule has 1 aromatic carbocycles. The van der Waals surface area contributed by atoms with Gasteiger partial charge in [0.2, 0.25) is 0 Å². The number of ketones is 1. The van der Waals surface area contributed by atoms with Crippen molar-refractivity contribution in [3.05, 3.63) is 35.4 Å². The average molecular weight is 242 g/mol. The van der Waals surface area contributed by atoms with E-state index in [-0.39, 0.29) is 16.7 Å². The van der Waals surface area contributed by atoms with Gasteiger partial charge in [-0.25, -0.2) is 0 Å². The third-order valence-corrected chi connectivity index (χ3v) is 5.78. The zero-order chi connectivity index (χ0) is 13.3. The topological polar surface area (TPSA) is 17.1 Å². The summed E-state index contributed by atoms with van der Waals surface area (Å²) in [7, 11) is 0. The Morgan fingerprint density at radius 2 is 1.61 bits per heavy atom. The minimum Gasteiger partial charge on any atom is -0.299 e. The molecule has 4 unspecified atom stereocenters. The molecule has 1 aromatic rings. The third-order valence-electron chi connectivity index (χ3n) is 5.78. The molecule has 0 spiro atoms. The summed E-state index contributed by atoms with van der Waals surface area (Å²) in [5, 5.41) is 0. The maximum absolute atomic E-state index is 12.4. The molecule has 0 radical (unpaired) electrons. The van der Waals surface area contributed by atoms with Gasteiger partial charge in [-0.2, -0.15) is 0 Å². The molecule has 2 saturated carbocycles. The fourth-order valence-electron chi connectivity index (χ4n) is 4.46. The van der Waals surface area contributed by atoms with Gasteiger partial charge in [0.15, 0.2) is 0 Å². The van der Waals surface area contributed by atoms with E-state index < -0.39 is 0 Å². The minimum absolute atomic E-state index is 0.0267. The Bertz CT molecular complexity index is 511. The first-order valence-corrected chi connectivity index (χ1v) is 6.92. The molecule has 1 heteroatoms. The molecule has 2 fully saturated rings. The quantitative estimate of drug-likeness (QED) is 0.733. The van der Waals surface area contributed by atoms with Crippen molar-refractivity contribution in [1.82, 2.24) is 0 Å². The molecule has 0 heterocycles. The Labute approximate surface area is 110 Å². The zero-order valence-electron chi connectivity index (χ0n) is 11.9. The fraction of sp³-hybridized carbons (Fsp3) is 0.588. The Balaban J connectivity index is 2.09. The normalized spacial score (nSPS) is 40.7. The Kier molecular flexibility index (Phi) is 2.16. The maximum atomic E-state index is 12.4. The molecule has 2 aliphatic carbocycles. The van der Waals surface area contributed by atoms with E-state index in [1.54, 1.807) is 0 Å². The number of fused-ring (bicyclic) bond motifs is 1. The largest absolute Gasteiger partial charge is 0.299 e. The fourth-order valence-corrected chi connectivity index (χ4v) is 4.46. The standard InChI is InChI=1S/C17H22O/c1-10-6-8-12(9-7-10)17(5)11(2)14(18)13-15(17)16(13,3)4/h6-9,11,13,15H,1-5H3. The molecular weight excluding hydrogens is 220 g/mol. The van der Waals surface area contributed by atoms with E-state index in [4.69, 9.17) is 0 Å². The van der Waals surface area contributed by atoms with Gasteiger partial charge in [-0.15, -0.1) is 0 Å². The van der Waals surface area contributed by atoms with Crippen molar-refractivity contribution in [3.63, 3.8) is 0 Å². The molecule has 18 heavy (non-hydrogen) atoms. The van der Waals surface area contributed by atoms with Crippen molar-refractivity contribution in [2.45, 2.75) is 40.0 Å². The molecule has 0 N–H and O–H groups in total. The monoisotopic (exact) mass is 242 g/mol. The number of carbonyl (C=O) groups is 1. The van der Waals surface area contributed by atoms with Crippen molar-refractivity contribution in [3.8, 4) is 0 Å². The smallest absolute Gasteiger partial charge is 0.140 e. The summed E-state index contributed by atoms with van der Waals surface area (Å²) >= 11 is 0. The van der Waals surface area contributed by atoms with Crippen molar-refractivity contribution in [2.75, 3.05) is 0 Å². The van der Waals surface area contributed by atoms with Gasteiger partial charge in [-0.1, -0.05) is 57.5 Å². The van der Waals surface area contributed by atoms with Gasteiger partial charge in [-0.05, 0) is 23.8 Å². The van der Waals surface area contributed by atoms with Crippen LogP contribution in [0.3, 0.4) is 0 Å². The van der Waals surface area contributed by atoms with Gasteiger partial charge < -0.3 is 0 Å². The summed E-state index contributed by atoms with van der Waals surface area (Å²) < 4.78 is 0. The average Bonchev–Trinajstić information content (AvgIpc) is 2.82. The van der Waals surface area contributed by atoms with E-state index in [0.717, 1.165) is 0 Å². The highest BCUT2D eigenvalue weighted by atomic mass is 16.1. The minimum atomic E-state index is 0.0267. The van der Waals surface area contributed by atoms with Gasteiger partial charge in [0.05, 0.1) is 0 Å². The first kappa shape index (κ1) is 12.0. The van der Waals surface area contributed by atoms with Crippen LogP contribution in [-0.4, -0.2) is 5.78 Å². The van der Waals surface area contributed by atoms with Crippen LogP contribution in [0.1, 0.15) is 38.8 Å². The molecule has 1 nitrogen and oxygen atoms in total. The zero-order valence-corrected chi connectivity index (χ0v) is 11.9. The predicted molar refractivity (Wildman–Crippen MR) is 73.5 cm³/mol. The van der Waals surface area contributed by atoms with E-state index in [2.05, 4.69) is 58.9 Å². The van der Waals surface area contributed by atoms with Crippen LogP contribution in [-0.2, 0) is 10.2 Å². The highest BCUT2D eigenvalue weighted by molar-refractivity contribution is 5.93. The molecule has 0 bridgehead atoms. The molecule has 0 aromatic heterocycles. The number of Topliss-reactive ketones (excluding diaryl/α,β-unsaturated/α-hetero) is 1. The molecular formula is C17H22O. The second-order valence-corrected chi connectivity index (χ2v) is 7.05. The second-order valence-electron chi connectivity index (χ2n) is 7.05. The van der Waals surface area contributed by atoms with Crippen LogP contribution in [0.4, 0.5) is 0 Å². The highest BCUT2D eigenvalue weighted by Gasteiger charge is 2.75. The first-order valence-electron chi connectivity index (χ1n) is 6.92. The molecule has 2 aliphatic rings. The van der Waals surface area contributed by atoms with Crippen LogP contribution in [0, 0.1) is 30.1 Å². The first-order chi connectivity index (χ1) is 8.31. The molecule has 96 valence electrons. The summed E-state index contributed by atoms with van der Waals surface area (Å²) in [6.07, 6.45) is 0. The summed E-state index contributed by atoms with van der Waals surface area (Å²) in [6, 6.07) is 8.77. The SMILES string of the molecule is Cc1ccc(C2(C)C(C)C(=O)C3C2C3(C)C)cc1. The lowest BCUT2D eigenvalue weighted by Crippen LogP contribution is -2.35. The van der Waals surface area contributed by atoms with Crippen LogP contribution in [0.2, 0.25) is 0 Å². The highest BCUT2D eigenvalue weighted by Crippen LogP contribution is 2.73. The summed E-state index contributed by atoms with van der Waals surface area (Å²) in [6.45, 7) is 11.0. The van der Waals surface area contributed by atoms with E-state index in [1.807, 2.05) is 0 Å². The summed E-state index contributed by atoms with van der Waals surface area (Å²) in [4.78, 5) is 12.4. The lowest BCUT2D eigenvalue weighted by atomic mass is 9.68. The molecule has 0 saturated heterocycles. The van der Waals surface area contributed by atoms with Crippen molar-refractivity contribution >= 4 is 5.78 Å². The predicted octanol–water partition coefficient (Wildman–Crippen LogP) is 3.74. The van der Waals surface area contributed by atoms with Crippen LogP contribution in [0.15, 0.2) is 24.3 Å². The van der Waals surface area contributed by atoms with Crippen LogP contribution in [0.25, 0.3) is 0 Å². The van der Waals surface area contributed by atoms with Gasteiger partial charge in [0, 0.05) is 17.3 Å². The van der Waals surface area contributed by atoms with Gasteiger partial charge in [0.25, 0.3) is 0 Å². The third kappa shape index (κ3) is 1.20. The summed E-state index contributed by atoms with van der Waals surface area (Å²) in [5.41, 5.74) is 2.85. The lowest BCUT2D eigenvalue weighted by molar-refractivity contribution is -0.124. The molecule has 0 aliphatic heterocycles. The number of benzene rings is 1. The van der Waals surface area contributed by atoms with Gasteiger partial charge in [-0.3, -0.25) is 4.79 Å². The van der Waals surface area contributed by atoms with Crippen LogP contribution >= 0.6 is 0 Å². The maximum Gasteiger partial charge on any atom is 0.140 e. The van der Waals surface area contributed by atoms with Gasteiger partial charge in [0.1, 0.15) is 5.78 Å². The summed E-state index contributed by atoms with van der Waals surface area (Å²) in [5.74, 6) is 1.45. The van der Waals surface area contributed by atoms with Crippen LogP contribution < -0.4 is 0 Å². The van der Waals surface area contributed by atoms with E-state index in [1.165, 1.54) is 11.1 Å². The Morgan fingerprint density at radius 1 is 1.06 bits per heavy atom. The second kappa shape index (κ2) is 3.26. The number of carbonyl (C=O) groups excluding carboxylic acids is 1. The Hall–Kier alpha value is -1.11. The number of hydrogen-bond acceptors (Lipinski definition) is 1. The van der Waals surface area contributed by atoms with Crippen molar-refractivity contribution in [2.24, 2.45) is 23.2 Å². The lowest BCUT2D eigenvalue weighted by Gasteiger charge is -2.35. The Morgan fingerprint density at radius 3 is 2.11 bits per heavy atom. The van der Waals surface area contributed by atoms with Gasteiger partial charge >= 0.3 is 0 Å². The van der Waals surface area contributed by atoms with Crippen LogP contribution in [0.5, 0.6) is 0 Å². The van der Waals surface area contributed by atoms with E-state index in [9.17, 15) is 4.79 Å². The molecule has 3 rings (SSSR count). The number of aryl methyl sites for hydroxylation is 1. The van der Waals surface area contributed by atoms with Crippen molar-refractivity contribution in [1.29, 1.82) is 0 Å². The molecule has 0 amide bonds. The van der Waals surface area contributed by atoms with Crippen molar-refractivity contribution < 1.29 is 4.79 Å². The number of rotatable bonds is 1. The number of hydrogen-bond donors (Lipinski definition) is 0. The van der Waals surface area contributed by atoms with E-state index in [0.29, 0.717) is 17.6 Å². The van der Waals surface area contributed by atoms with E-state index >= 15 is 0 Å². The molecule has 4 atom stereocenters.